The largest absolute Gasteiger partial charge is 0.453 e. The van der Waals surface area contributed by atoms with Gasteiger partial charge in [-0.3, -0.25) is 14.2 Å². The van der Waals surface area contributed by atoms with Crippen LogP contribution in [0.4, 0.5) is 8.78 Å². The molecule has 0 unspecified atom stereocenters. The SMILES string of the molecule is Cn1cc(-c2cn(CS(C)(=O)=O)c(=O)cc2Oc2ccc(F)cc2F)cc(Cl)c1=O. The van der Waals surface area contributed by atoms with E-state index in [0.29, 0.717) is 11.6 Å². The highest BCUT2D eigenvalue weighted by Gasteiger charge is 2.17. The fourth-order valence-electron chi connectivity index (χ4n) is 2.71. The number of pyridine rings is 2. The monoisotopic (exact) mass is 456 g/mol. The van der Waals surface area contributed by atoms with E-state index in [9.17, 15) is 26.8 Å². The molecule has 0 aliphatic heterocycles. The van der Waals surface area contributed by atoms with Gasteiger partial charge in [0, 0.05) is 49.0 Å². The molecule has 0 amide bonds. The molecule has 0 aliphatic rings. The maximum absolute atomic E-state index is 14.1. The van der Waals surface area contributed by atoms with E-state index in [4.69, 9.17) is 16.3 Å². The number of nitrogens with zero attached hydrogens (tertiary/aromatic N) is 2. The Labute approximate surface area is 174 Å². The molecule has 0 radical (unpaired) electrons. The molecule has 3 aromatic rings. The van der Waals surface area contributed by atoms with Gasteiger partial charge in [0.05, 0.1) is 0 Å². The highest BCUT2D eigenvalue weighted by atomic mass is 35.5. The standard InChI is InChI=1S/C19H15ClF2N2O5S/c1-23-8-11(5-14(20)19(23)26)13-9-24(10-30(2,27)28)18(25)7-17(13)29-16-4-3-12(21)6-15(16)22/h3-9H,10H2,1-2H3. The minimum atomic E-state index is -3.57. The van der Waals surface area contributed by atoms with E-state index in [-0.39, 0.29) is 22.1 Å². The van der Waals surface area contributed by atoms with Gasteiger partial charge in [-0.25, -0.2) is 17.2 Å². The molecule has 0 fully saturated rings. The molecule has 7 nitrogen and oxygen atoms in total. The van der Waals surface area contributed by atoms with Crippen LogP contribution in [0.25, 0.3) is 11.1 Å². The summed E-state index contributed by atoms with van der Waals surface area (Å²) in [4.78, 5) is 24.3. The molecule has 158 valence electrons. The van der Waals surface area contributed by atoms with Crippen LogP contribution in [0.2, 0.25) is 5.02 Å². The fraction of sp³-hybridized carbons (Fsp3) is 0.158. The first-order chi connectivity index (χ1) is 13.9. The molecule has 0 aliphatic carbocycles. The molecule has 0 bridgehead atoms. The van der Waals surface area contributed by atoms with Gasteiger partial charge in [-0.15, -0.1) is 0 Å². The molecule has 30 heavy (non-hydrogen) atoms. The lowest BCUT2D eigenvalue weighted by atomic mass is 10.1. The molecule has 0 spiro atoms. The van der Waals surface area contributed by atoms with Crippen molar-refractivity contribution in [3.63, 3.8) is 0 Å². The predicted molar refractivity (Wildman–Crippen MR) is 108 cm³/mol. The molecular formula is C19H15ClF2N2O5S. The number of rotatable bonds is 5. The van der Waals surface area contributed by atoms with E-state index in [1.54, 1.807) is 0 Å². The van der Waals surface area contributed by atoms with Gasteiger partial charge >= 0.3 is 0 Å². The van der Waals surface area contributed by atoms with E-state index in [1.165, 1.54) is 30.1 Å². The second-order valence-corrected chi connectivity index (χ2v) is 9.10. The van der Waals surface area contributed by atoms with Crippen LogP contribution in [0.15, 0.2) is 52.3 Å². The zero-order chi connectivity index (χ0) is 22.2. The summed E-state index contributed by atoms with van der Waals surface area (Å²) < 4.78 is 58.2. The molecule has 3 rings (SSSR count). The summed E-state index contributed by atoms with van der Waals surface area (Å²) >= 11 is 5.96. The van der Waals surface area contributed by atoms with Gasteiger partial charge in [0.2, 0.25) is 0 Å². The van der Waals surface area contributed by atoms with Crippen molar-refractivity contribution >= 4 is 21.4 Å². The number of aryl methyl sites for hydroxylation is 1. The van der Waals surface area contributed by atoms with Crippen molar-refractivity contribution in [2.75, 3.05) is 6.26 Å². The molecule has 0 atom stereocenters. The Hall–Kier alpha value is -2.98. The third-order valence-corrected chi connectivity index (χ3v) is 5.04. The fourth-order valence-corrected chi connectivity index (χ4v) is 3.66. The van der Waals surface area contributed by atoms with Crippen molar-refractivity contribution in [3.8, 4) is 22.6 Å². The zero-order valence-corrected chi connectivity index (χ0v) is 17.3. The average molecular weight is 457 g/mol. The van der Waals surface area contributed by atoms with Gasteiger partial charge in [0.15, 0.2) is 21.4 Å². The predicted octanol–water partition coefficient (Wildman–Crippen LogP) is 2.94. The van der Waals surface area contributed by atoms with Gasteiger partial charge in [-0.05, 0) is 18.2 Å². The van der Waals surface area contributed by atoms with E-state index in [1.807, 2.05) is 0 Å². The topological polar surface area (TPSA) is 87.4 Å². The summed E-state index contributed by atoms with van der Waals surface area (Å²) in [6.45, 7) is 0. The van der Waals surface area contributed by atoms with Gasteiger partial charge in [-0.1, -0.05) is 11.6 Å². The maximum Gasteiger partial charge on any atom is 0.269 e. The summed E-state index contributed by atoms with van der Waals surface area (Å²) in [6.07, 6.45) is 3.56. The van der Waals surface area contributed by atoms with Gasteiger partial charge in [-0.2, -0.15) is 0 Å². The first-order valence-corrected chi connectivity index (χ1v) is 10.8. The Morgan fingerprint density at radius 1 is 1.07 bits per heavy atom. The Bertz CT molecular complexity index is 1340. The minimum absolute atomic E-state index is 0.130. The lowest BCUT2D eigenvalue weighted by Crippen LogP contribution is -2.23. The summed E-state index contributed by atoms with van der Waals surface area (Å²) in [5, 5.41) is -0.130. The number of hydrogen-bond acceptors (Lipinski definition) is 5. The van der Waals surface area contributed by atoms with Crippen LogP contribution in [0.1, 0.15) is 0 Å². The van der Waals surface area contributed by atoms with Crippen LogP contribution < -0.4 is 15.9 Å². The van der Waals surface area contributed by atoms with Crippen molar-refractivity contribution in [1.82, 2.24) is 9.13 Å². The molecule has 0 saturated heterocycles. The number of aromatic nitrogens is 2. The smallest absolute Gasteiger partial charge is 0.269 e. The van der Waals surface area contributed by atoms with E-state index in [2.05, 4.69) is 0 Å². The number of ether oxygens (including phenoxy) is 1. The summed E-state index contributed by atoms with van der Waals surface area (Å²) in [5.41, 5.74) is -0.726. The molecule has 2 heterocycles. The van der Waals surface area contributed by atoms with Crippen LogP contribution in [0.5, 0.6) is 11.5 Å². The van der Waals surface area contributed by atoms with Crippen molar-refractivity contribution in [2.45, 2.75) is 5.88 Å². The average Bonchev–Trinajstić information content (AvgIpc) is 2.62. The molecule has 1 aromatic carbocycles. The first-order valence-electron chi connectivity index (χ1n) is 8.36. The van der Waals surface area contributed by atoms with E-state index < -0.39 is 38.5 Å². The molecule has 0 N–H and O–H groups in total. The quantitative estimate of drug-likeness (QED) is 0.589. The lowest BCUT2D eigenvalue weighted by molar-refractivity contribution is 0.437. The number of hydrogen-bond donors (Lipinski definition) is 0. The van der Waals surface area contributed by atoms with E-state index in [0.717, 1.165) is 29.0 Å². The minimum Gasteiger partial charge on any atom is -0.453 e. The van der Waals surface area contributed by atoms with Crippen molar-refractivity contribution in [2.24, 2.45) is 7.05 Å². The third-order valence-electron chi connectivity index (χ3n) is 4.03. The Balaban J connectivity index is 2.24. The van der Waals surface area contributed by atoms with Crippen LogP contribution in [0, 0.1) is 11.6 Å². The number of sulfone groups is 1. The van der Waals surface area contributed by atoms with Gasteiger partial charge in [0.1, 0.15) is 22.5 Å². The molecular weight excluding hydrogens is 442 g/mol. The van der Waals surface area contributed by atoms with Crippen LogP contribution >= 0.6 is 11.6 Å². The number of halogens is 3. The third kappa shape index (κ3) is 4.77. The van der Waals surface area contributed by atoms with Gasteiger partial charge < -0.3 is 9.30 Å². The highest BCUT2D eigenvalue weighted by molar-refractivity contribution is 7.89. The first kappa shape index (κ1) is 21.7. The second kappa shape index (κ2) is 8.04. The Morgan fingerprint density at radius 2 is 1.77 bits per heavy atom. The highest BCUT2D eigenvalue weighted by Crippen LogP contribution is 2.34. The lowest BCUT2D eigenvalue weighted by Gasteiger charge is -2.15. The number of benzene rings is 1. The van der Waals surface area contributed by atoms with Crippen molar-refractivity contribution < 1.29 is 21.9 Å². The normalized spacial score (nSPS) is 11.5. The Morgan fingerprint density at radius 3 is 2.37 bits per heavy atom. The Kier molecular flexibility index (Phi) is 5.82. The maximum atomic E-state index is 14.1. The zero-order valence-electron chi connectivity index (χ0n) is 15.7. The van der Waals surface area contributed by atoms with Gasteiger partial charge in [0.25, 0.3) is 11.1 Å². The van der Waals surface area contributed by atoms with Crippen LogP contribution in [0.3, 0.4) is 0 Å². The summed E-state index contributed by atoms with van der Waals surface area (Å²) in [5.74, 6) is -2.91. The molecule has 2 aromatic heterocycles. The van der Waals surface area contributed by atoms with Crippen LogP contribution in [-0.2, 0) is 22.8 Å². The second-order valence-electron chi connectivity index (χ2n) is 6.58. The van der Waals surface area contributed by atoms with Crippen LogP contribution in [-0.4, -0.2) is 23.8 Å². The van der Waals surface area contributed by atoms with Crippen molar-refractivity contribution in [3.05, 3.63) is 80.1 Å². The summed E-state index contributed by atoms with van der Waals surface area (Å²) in [6, 6.07) is 4.92. The summed E-state index contributed by atoms with van der Waals surface area (Å²) in [7, 11) is -2.12. The molecule has 11 heteroatoms. The molecule has 0 saturated carbocycles. The van der Waals surface area contributed by atoms with Crippen molar-refractivity contribution in [1.29, 1.82) is 0 Å². The van der Waals surface area contributed by atoms with E-state index >= 15 is 0 Å².